The van der Waals surface area contributed by atoms with Crippen molar-refractivity contribution in [1.82, 2.24) is 10.2 Å². The molecule has 0 aromatic carbocycles. The lowest BCUT2D eigenvalue weighted by Crippen LogP contribution is -2.59. The summed E-state index contributed by atoms with van der Waals surface area (Å²) >= 11 is 0. The molecule has 0 aromatic rings. The predicted octanol–water partition coefficient (Wildman–Crippen LogP) is 1.56. The minimum absolute atomic E-state index is 0.0816. The smallest absolute Gasteiger partial charge is 0.326 e. The molecule has 0 aliphatic heterocycles. The number of ether oxygens (including phenoxy) is 2. The molecule has 2 aliphatic carbocycles. The molecule has 2 fully saturated rings. The van der Waals surface area contributed by atoms with E-state index in [0.717, 1.165) is 45.4 Å². The van der Waals surface area contributed by atoms with E-state index in [1.807, 2.05) is 0 Å². The predicted molar refractivity (Wildman–Crippen MR) is 82.3 cm³/mol. The monoisotopic (exact) mass is 298 g/mol. The quantitative estimate of drug-likeness (QED) is 0.689. The zero-order valence-corrected chi connectivity index (χ0v) is 13.7. The van der Waals surface area contributed by atoms with Crippen LogP contribution in [0.2, 0.25) is 0 Å². The molecular formula is C16H30N2O3. The highest BCUT2D eigenvalue weighted by atomic mass is 16.5. The van der Waals surface area contributed by atoms with Crippen LogP contribution in [0.4, 0.5) is 0 Å². The van der Waals surface area contributed by atoms with Crippen LogP contribution in [0.1, 0.15) is 45.4 Å². The summed E-state index contributed by atoms with van der Waals surface area (Å²) in [4.78, 5) is 14.8. The van der Waals surface area contributed by atoms with Gasteiger partial charge in [0.05, 0.1) is 13.7 Å². The number of hydrogen-bond donors (Lipinski definition) is 1. The highest BCUT2D eigenvalue weighted by Crippen LogP contribution is 2.35. The van der Waals surface area contributed by atoms with Gasteiger partial charge in [0, 0.05) is 25.7 Å². The number of esters is 1. The van der Waals surface area contributed by atoms with E-state index >= 15 is 0 Å². The van der Waals surface area contributed by atoms with Gasteiger partial charge in [-0.25, -0.2) is 0 Å². The van der Waals surface area contributed by atoms with Crippen molar-refractivity contribution in [3.8, 4) is 0 Å². The molecule has 2 unspecified atom stereocenters. The van der Waals surface area contributed by atoms with Crippen LogP contribution in [0.3, 0.4) is 0 Å². The first-order chi connectivity index (χ1) is 10.1. The van der Waals surface area contributed by atoms with Crippen molar-refractivity contribution >= 4 is 5.97 Å². The first kappa shape index (κ1) is 16.7. The zero-order chi connectivity index (χ0) is 15.3. The average Bonchev–Trinajstić information content (AvgIpc) is 3.31. The van der Waals surface area contributed by atoms with Gasteiger partial charge in [-0.3, -0.25) is 15.0 Å². The van der Waals surface area contributed by atoms with E-state index in [1.54, 1.807) is 7.11 Å². The molecule has 0 aromatic heterocycles. The van der Waals surface area contributed by atoms with Crippen molar-refractivity contribution in [1.29, 1.82) is 0 Å². The van der Waals surface area contributed by atoms with Crippen LogP contribution >= 0.6 is 0 Å². The van der Waals surface area contributed by atoms with E-state index in [9.17, 15) is 4.79 Å². The second-order valence-corrected chi connectivity index (χ2v) is 6.36. The van der Waals surface area contributed by atoms with Crippen LogP contribution in [0.25, 0.3) is 0 Å². The molecule has 5 heteroatoms. The molecule has 0 amide bonds. The molecule has 2 saturated carbocycles. The molecule has 2 atom stereocenters. The summed E-state index contributed by atoms with van der Waals surface area (Å²) in [7, 11) is 3.24. The third-order valence-corrected chi connectivity index (χ3v) is 4.86. The Balaban J connectivity index is 2.05. The summed E-state index contributed by atoms with van der Waals surface area (Å²) in [6.45, 7) is 4.84. The van der Waals surface area contributed by atoms with E-state index in [2.05, 4.69) is 17.1 Å². The number of nitrogens with zero attached hydrogens (tertiary/aromatic N) is 1. The van der Waals surface area contributed by atoms with Gasteiger partial charge in [-0.1, -0.05) is 6.92 Å². The Hall–Kier alpha value is -0.650. The van der Waals surface area contributed by atoms with Crippen molar-refractivity contribution in [2.24, 2.45) is 0 Å². The topological polar surface area (TPSA) is 50.8 Å². The molecule has 0 radical (unpaired) electrons. The summed E-state index contributed by atoms with van der Waals surface area (Å²) in [6.07, 6.45) is 6.35. The third-order valence-electron chi connectivity index (χ3n) is 4.86. The van der Waals surface area contributed by atoms with Gasteiger partial charge >= 0.3 is 5.97 Å². The van der Waals surface area contributed by atoms with Gasteiger partial charge in [-0.15, -0.1) is 0 Å². The minimum Gasteiger partial charge on any atom is -0.468 e. The Morgan fingerprint density at radius 1 is 1.33 bits per heavy atom. The van der Waals surface area contributed by atoms with Crippen molar-refractivity contribution < 1.29 is 14.3 Å². The molecule has 21 heavy (non-hydrogen) atoms. The summed E-state index contributed by atoms with van der Waals surface area (Å²) in [5, 5.41) is 3.59. The maximum atomic E-state index is 12.4. The minimum atomic E-state index is -0.473. The lowest BCUT2D eigenvalue weighted by Gasteiger charge is -2.43. The Morgan fingerprint density at radius 2 is 2.10 bits per heavy atom. The standard InChI is InChI=1S/C16H30N2O3/c1-4-18(10-11-20-2)14-6-5-9-16(12-14,15(19)21-3)17-13-7-8-13/h13-14,17H,4-12H2,1-3H3. The number of likely N-dealkylation sites (N-methyl/N-ethyl adjacent to an activating group) is 1. The third kappa shape index (κ3) is 4.18. The Morgan fingerprint density at radius 3 is 2.67 bits per heavy atom. The maximum Gasteiger partial charge on any atom is 0.326 e. The van der Waals surface area contributed by atoms with Crippen molar-refractivity contribution in [2.75, 3.05) is 33.9 Å². The number of nitrogens with one attached hydrogen (secondary N) is 1. The summed E-state index contributed by atoms with van der Waals surface area (Å²) in [5.74, 6) is -0.0816. The fourth-order valence-electron chi connectivity index (χ4n) is 3.55. The Labute approximate surface area is 128 Å². The maximum absolute atomic E-state index is 12.4. The van der Waals surface area contributed by atoms with Crippen LogP contribution in [0.15, 0.2) is 0 Å². The molecule has 0 heterocycles. The van der Waals surface area contributed by atoms with Gasteiger partial charge in [0.15, 0.2) is 0 Å². The number of rotatable bonds is 8. The molecule has 0 saturated heterocycles. The summed E-state index contributed by atoms with van der Waals surface area (Å²) < 4.78 is 10.3. The summed E-state index contributed by atoms with van der Waals surface area (Å²) in [6, 6.07) is 0.946. The Kier molecular flexibility index (Phi) is 6.02. The van der Waals surface area contributed by atoms with Crippen LogP contribution in [0.5, 0.6) is 0 Å². The SMILES string of the molecule is CCN(CCOC)C1CCCC(NC2CC2)(C(=O)OC)C1. The van der Waals surface area contributed by atoms with Gasteiger partial charge < -0.3 is 9.47 Å². The zero-order valence-electron chi connectivity index (χ0n) is 13.7. The largest absolute Gasteiger partial charge is 0.468 e. The summed E-state index contributed by atoms with van der Waals surface area (Å²) in [5.41, 5.74) is -0.473. The lowest BCUT2D eigenvalue weighted by molar-refractivity contribution is -0.151. The van der Waals surface area contributed by atoms with E-state index in [0.29, 0.717) is 12.1 Å². The number of methoxy groups -OCH3 is 2. The second-order valence-electron chi connectivity index (χ2n) is 6.36. The van der Waals surface area contributed by atoms with Crippen LogP contribution in [-0.2, 0) is 14.3 Å². The highest BCUT2D eigenvalue weighted by molar-refractivity contribution is 5.81. The molecule has 0 bridgehead atoms. The molecule has 0 spiro atoms. The van der Waals surface area contributed by atoms with E-state index in [-0.39, 0.29) is 5.97 Å². The van der Waals surface area contributed by atoms with Gasteiger partial charge in [-0.05, 0) is 45.1 Å². The molecule has 2 rings (SSSR count). The number of hydrogen-bond acceptors (Lipinski definition) is 5. The first-order valence-electron chi connectivity index (χ1n) is 8.24. The average molecular weight is 298 g/mol. The fourth-order valence-corrected chi connectivity index (χ4v) is 3.55. The normalized spacial score (nSPS) is 29.6. The van der Waals surface area contributed by atoms with Gasteiger partial charge in [0.25, 0.3) is 0 Å². The van der Waals surface area contributed by atoms with Gasteiger partial charge in [0.2, 0.25) is 0 Å². The van der Waals surface area contributed by atoms with Crippen molar-refractivity contribution in [3.05, 3.63) is 0 Å². The van der Waals surface area contributed by atoms with Crippen LogP contribution in [-0.4, -0.2) is 62.4 Å². The molecule has 1 N–H and O–H groups in total. The van der Waals surface area contributed by atoms with Gasteiger partial charge in [-0.2, -0.15) is 0 Å². The van der Waals surface area contributed by atoms with Crippen LogP contribution < -0.4 is 5.32 Å². The van der Waals surface area contributed by atoms with E-state index in [4.69, 9.17) is 9.47 Å². The fraction of sp³-hybridized carbons (Fsp3) is 0.938. The highest BCUT2D eigenvalue weighted by Gasteiger charge is 2.47. The van der Waals surface area contributed by atoms with Crippen LogP contribution in [0, 0.1) is 0 Å². The lowest BCUT2D eigenvalue weighted by atomic mass is 9.78. The second kappa shape index (κ2) is 7.56. The first-order valence-corrected chi connectivity index (χ1v) is 8.24. The molecule has 5 nitrogen and oxygen atoms in total. The van der Waals surface area contributed by atoms with Crippen molar-refractivity contribution in [3.63, 3.8) is 0 Å². The number of carbonyl (C=O) groups excluding carboxylic acids is 1. The number of carbonyl (C=O) groups is 1. The van der Waals surface area contributed by atoms with Crippen molar-refractivity contribution in [2.45, 2.75) is 63.1 Å². The van der Waals surface area contributed by atoms with E-state index < -0.39 is 5.54 Å². The Bertz CT molecular complexity index is 346. The van der Waals surface area contributed by atoms with E-state index in [1.165, 1.54) is 20.0 Å². The molecule has 2 aliphatic rings. The molecular weight excluding hydrogens is 268 g/mol. The van der Waals surface area contributed by atoms with Gasteiger partial charge in [0.1, 0.15) is 5.54 Å². The molecule has 122 valence electrons.